The van der Waals surface area contributed by atoms with Gasteiger partial charge in [0.15, 0.2) is 0 Å². The number of piperidine rings is 1. The topological polar surface area (TPSA) is 37.6 Å². The summed E-state index contributed by atoms with van der Waals surface area (Å²) in [6, 6.07) is 2.67. The predicted octanol–water partition coefficient (Wildman–Crippen LogP) is 3.17. The summed E-state index contributed by atoms with van der Waals surface area (Å²) in [6.45, 7) is 11.3. The van der Waals surface area contributed by atoms with Crippen LogP contribution in [0.15, 0.2) is 16.7 Å². The van der Waals surface area contributed by atoms with E-state index < -0.39 is 0 Å². The highest BCUT2D eigenvalue weighted by Gasteiger charge is 2.21. The maximum absolute atomic E-state index is 5.89. The van der Waals surface area contributed by atoms with Crippen molar-refractivity contribution in [3.8, 4) is 0 Å². The fourth-order valence-corrected chi connectivity index (χ4v) is 2.72. The molecular weight excluding hydrogens is 264 g/mol. The normalized spacial score (nSPS) is 20.3. The van der Waals surface area contributed by atoms with Crippen molar-refractivity contribution < 1.29 is 9.15 Å². The highest BCUT2D eigenvalue weighted by molar-refractivity contribution is 5.12. The lowest BCUT2D eigenvalue weighted by molar-refractivity contribution is -0.00373. The highest BCUT2D eigenvalue weighted by Crippen LogP contribution is 2.17. The number of rotatable bonds is 8. The van der Waals surface area contributed by atoms with Crippen molar-refractivity contribution in [3.05, 3.63) is 23.7 Å². The molecule has 1 aliphatic rings. The second-order valence-electron chi connectivity index (χ2n) is 6.33. The average Bonchev–Trinajstić information content (AvgIpc) is 2.91. The zero-order valence-corrected chi connectivity index (χ0v) is 13.7. The van der Waals surface area contributed by atoms with Gasteiger partial charge in [-0.1, -0.05) is 20.8 Å². The highest BCUT2D eigenvalue weighted by atomic mass is 16.5. The molecule has 1 N–H and O–H groups in total. The molecule has 4 heteroatoms. The first-order chi connectivity index (χ1) is 10.2. The number of nitrogens with zero attached hydrogens (tertiary/aromatic N) is 1. The Labute approximate surface area is 128 Å². The minimum Gasteiger partial charge on any atom is -0.468 e. The summed E-state index contributed by atoms with van der Waals surface area (Å²) in [5.41, 5.74) is 1.23. The Morgan fingerprint density at radius 2 is 2.33 bits per heavy atom. The first-order valence-electron chi connectivity index (χ1n) is 8.31. The van der Waals surface area contributed by atoms with Gasteiger partial charge in [0, 0.05) is 31.3 Å². The number of furan rings is 1. The van der Waals surface area contributed by atoms with Gasteiger partial charge in [-0.2, -0.15) is 0 Å². The van der Waals surface area contributed by atoms with Crippen molar-refractivity contribution in [1.29, 1.82) is 0 Å². The van der Waals surface area contributed by atoms with Gasteiger partial charge in [-0.05, 0) is 31.9 Å². The van der Waals surface area contributed by atoms with Crippen molar-refractivity contribution in [1.82, 2.24) is 10.2 Å². The molecule has 2 rings (SSSR count). The van der Waals surface area contributed by atoms with Crippen molar-refractivity contribution in [2.24, 2.45) is 0 Å². The SMILES string of the molecule is CCCOC1CCCN(Cc2cc(CNC(C)C)co2)C1. The van der Waals surface area contributed by atoms with E-state index in [1.54, 1.807) is 0 Å². The van der Waals surface area contributed by atoms with Gasteiger partial charge in [-0.15, -0.1) is 0 Å². The zero-order valence-electron chi connectivity index (χ0n) is 13.7. The monoisotopic (exact) mass is 294 g/mol. The summed E-state index contributed by atoms with van der Waals surface area (Å²) >= 11 is 0. The largest absolute Gasteiger partial charge is 0.468 e. The molecule has 0 amide bonds. The summed E-state index contributed by atoms with van der Waals surface area (Å²) in [6.07, 6.45) is 5.78. The van der Waals surface area contributed by atoms with Crippen LogP contribution in [0, 0.1) is 0 Å². The van der Waals surface area contributed by atoms with Crippen LogP contribution in [0.5, 0.6) is 0 Å². The number of nitrogens with one attached hydrogen (secondary N) is 1. The van der Waals surface area contributed by atoms with Gasteiger partial charge in [0.1, 0.15) is 5.76 Å². The standard InChI is InChI=1S/C17H30N2O2/c1-4-8-20-16-6-5-7-19(11-16)12-17-9-15(13-21-17)10-18-14(2)3/h9,13-14,16,18H,4-8,10-12H2,1-3H3. The van der Waals surface area contributed by atoms with Gasteiger partial charge in [0.05, 0.1) is 18.9 Å². The molecule has 0 spiro atoms. The molecule has 0 aliphatic carbocycles. The fraction of sp³-hybridized carbons (Fsp3) is 0.765. The molecule has 120 valence electrons. The van der Waals surface area contributed by atoms with Crippen LogP contribution in [-0.4, -0.2) is 36.7 Å². The summed E-state index contributed by atoms with van der Waals surface area (Å²) in [5, 5.41) is 3.42. The lowest BCUT2D eigenvalue weighted by Gasteiger charge is -2.31. The molecule has 2 heterocycles. The molecule has 4 nitrogen and oxygen atoms in total. The summed E-state index contributed by atoms with van der Waals surface area (Å²) in [4.78, 5) is 2.45. The first kappa shape index (κ1) is 16.5. The van der Waals surface area contributed by atoms with Crippen LogP contribution in [0.2, 0.25) is 0 Å². The van der Waals surface area contributed by atoms with Crippen molar-refractivity contribution in [2.75, 3.05) is 19.7 Å². The van der Waals surface area contributed by atoms with Crippen LogP contribution in [0.3, 0.4) is 0 Å². The van der Waals surface area contributed by atoms with E-state index in [1.165, 1.54) is 18.4 Å². The lowest BCUT2D eigenvalue weighted by Crippen LogP contribution is -2.39. The Kier molecular flexibility index (Phi) is 6.74. The third-order valence-electron chi connectivity index (χ3n) is 3.82. The second kappa shape index (κ2) is 8.57. The molecule has 1 aromatic rings. The molecule has 1 fully saturated rings. The fourth-order valence-electron chi connectivity index (χ4n) is 2.72. The number of likely N-dealkylation sites (tertiary alicyclic amines) is 1. The molecule has 1 saturated heterocycles. The molecule has 0 bridgehead atoms. The molecule has 1 aliphatic heterocycles. The van der Waals surface area contributed by atoms with Crippen LogP contribution < -0.4 is 5.32 Å². The van der Waals surface area contributed by atoms with Gasteiger partial charge in [0.25, 0.3) is 0 Å². The Morgan fingerprint density at radius 1 is 1.48 bits per heavy atom. The number of hydrogen-bond acceptors (Lipinski definition) is 4. The molecule has 0 aromatic carbocycles. The summed E-state index contributed by atoms with van der Waals surface area (Å²) in [7, 11) is 0. The van der Waals surface area contributed by atoms with E-state index in [0.29, 0.717) is 12.1 Å². The number of ether oxygens (including phenoxy) is 1. The van der Waals surface area contributed by atoms with Crippen LogP contribution in [0.25, 0.3) is 0 Å². The van der Waals surface area contributed by atoms with E-state index in [1.807, 2.05) is 6.26 Å². The minimum absolute atomic E-state index is 0.399. The second-order valence-corrected chi connectivity index (χ2v) is 6.33. The smallest absolute Gasteiger partial charge is 0.118 e. The van der Waals surface area contributed by atoms with Crippen LogP contribution in [-0.2, 0) is 17.8 Å². The van der Waals surface area contributed by atoms with E-state index in [0.717, 1.165) is 45.0 Å². The van der Waals surface area contributed by atoms with E-state index in [4.69, 9.17) is 9.15 Å². The van der Waals surface area contributed by atoms with Gasteiger partial charge >= 0.3 is 0 Å². The van der Waals surface area contributed by atoms with E-state index in [2.05, 4.69) is 37.1 Å². The molecule has 21 heavy (non-hydrogen) atoms. The zero-order chi connectivity index (χ0) is 15.1. The Bertz CT molecular complexity index is 403. The van der Waals surface area contributed by atoms with E-state index in [9.17, 15) is 0 Å². The third-order valence-corrected chi connectivity index (χ3v) is 3.82. The molecule has 1 aromatic heterocycles. The van der Waals surface area contributed by atoms with E-state index in [-0.39, 0.29) is 0 Å². The van der Waals surface area contributed by atoms with Gasteiger partial charge in [-0.25, -0.2) is 0 Å². The summed E-state index contributed by atoms with van der Waals surface area (Å²) in [5.74, 6) is 1.06. The maximum atomic E-state index is 5.89. The lowest BCUT2D eigenvalue weighted by atomic mass is 10.1. The Balaban J connectivity index is 1.78. The maximum Gasteiger partial charge on any atom is 0.118 e. The molecule has 1 unspecified atom stereocenters. The minimum atomic E-state index is 0.399. The first-order valence-corrected chi connectivity index (χ1v) is 8.31. The van der Waals surface area contributed by atoms with E-state index >= 15 is 0 Å². The van der Waals surface area contributed by atoms with Crippen LogP contribution in [0.4, 0.5) is 0 Å². The molecule has 1 atom stereocenters. The average molecular weight is 294 g/mol. The van der Waals surface area contributed by atoms with Crippen molar-refractivity contribution in [2.45, 2.75) is 65.3 Å². The molecule has 0 saturated carbocycles. The number of hydrogen-bond donors (Lipinski definition) is 1. The van der Waals surface area contributed by atoms with Crippen LogP contribution in [0.1, 0.15) is 51.4 Å². The Morgan fingerprint density at radius 3 is 3.10 bits per heavy atom. The van der Waals surface area contributed by atoms with Gasteiger partial charge in [-0.3, -0.25) is 4.90 Å². The third kappa shape index (κ3) is 5.81. The molecular formula is C17H30N2O2. The van der Waals surface area contributed by atoms with Gasteiger partial charge in [0.2, 0.25) is 0 Å². The summed E-state index contributed by atoms with van der Waals surface area (Å²) < 4.78 is 11.6. The van der Waals surface area contributed by atoms with Gasteiger partial charge < -0.3 is 14.5 Å². The predicted molar refractivity (Wildman–Crippen MR) is 85.2 cm³/mol. The Hall–Kier alpha value is -0.840. The van der Waals surface area contributed by atoms with Crippen molar-refractivity contribution >= 4 is 0 Å². The van der Waals surface area contributed by atoms with Crippen molar-refractivity contribution in [3.63, 3.8) is 0 Å². The quantitative estimate of drug-likeness (QED) is 0.799. The van der Waals surface area contributed by atoms with Crippen LogP contribution >= 0.6 is 0 Å². The molecule has 0 radical (unpaired) electrons.